The number of anilines is 1. The number of hydrogen-bond donors (Lipinski definition) is 1. The van der Waals surface area contributed by atoms with Crippen molar-refractivity contribution in [3.8, 4) is 0 Å². The topological polar surface area (TPSA) is 38.1 Å². The highest BCUT2D eigenvalue weighted by Crippen LogP contribution is 2.30. The van der Waals surface area contributed by atoms with Gasteiger partial charge in [0.1, 0.15) is 11.4 Å². The summed E-state index contributed by atoms with van der Waals surface area (Å²) in [6.07, 6.45) is 8.44. The molecule has 2 aromatic rings. The average molecular weight is 265 g/mol. The van der Waals surface area contributed by atoms with Crippen molar-refractivity contribution in [1.29, 1.82) is 0 Å². The third-order valence-corrected chi connectivity index (χ3v) is 4.21. The molecule has 0 aliphatic heterocycles. The van der Waals surface area contributed by atoms with Crippen LogP contribution in [0.4, 0.5) is 5.82 Å². The predicted molar refractivity (Wildman–Crippen MR) is 74.1 cm³/mol. The molecule has 0 aromatic carbocycles. The Morgan fingerprint density at radius 3 is 3.11 bits per heavy atom. The smallest absolute Gasteiger partial charge is 0.139 e. The lowest BCUT2D eigenvalue weighted by Crippen LogP contribution is -2.33. The molecule has 3 nitrogen and oxygen atoms in total. The number of alkyl halides is 1. The normalized spacial score (nSPS) is 24.3. The van der Waals surface area contributed by atoms with Crippen LogP contribution in [0.2, 0.25) is 0 Å². The van der Waals surface area contributed by atoms with Gasteiger partial charge in [0.05, 0.1) is 11.6 Å². The second-order valence-electron chi connectivity index (χ2n) is 4.94. The van der Waals surface area contributed by atoms with Crippen LogP contribution in [-0.2, 0) is 0 Å². The van der Waals surface area contributed by atoms with E-state index in [2.05, 4.69) is 10.3 Å². The van der Waals surface area contributed by atoms with Crippen LogP contribution in [0.25, 0.3) is 11.0 Å². The molecule has 4 heteroatoms. The molecule has 1 aliphatic rings. The molecular formula is C14H17ClN2O. The van der Waals surface area contributed by atoms with Gasteiger partial charge in [-0.15, -0.1) is 11.6 Å². The van der Waals surface area contributed by atoms with Gasteiger partial charge in [-0.2, -0.15) is 0 Å². The number of fused-ring (bicyclic) bond motifs is 1. The Balaban J connectivity index is 1.84. The van der Waals surface area contributed by atoms with Gasteiger partial charge >= 0.3 is 0 Å². The Morgan fingerprint density at radius 1 is 1.33 bits per heavy atom. The molecule has 1 saturated carbocycles. The fraction of sp³-hybridized carbons (Fsp3) is 0.500. The molecule has 0 bridgehead atoms. The number of hydrogen-bond acceptors (Lipinski definition) is 3. The van der Waals surface area contributed by atoms with Crippen LogP contribution in [0, 0.1) is 5.92 Å². The second kappa shape index (κ2) is 5.19. The quantitative estimate of drug-likeness (QED) is 0.851. The van der Waals surface area contributed by atoms with Gasteiger partial charge in [0.2, 0.25) is 0 Å². The molecule has 1 N–H and O–H groups in total. The van der Waals surface area contributed by atoms with Gasteiger partial charge in [0, 0.05) is 18.1 Å². The summed E-state index contributed by atoms with van der Waals surface area (Å²) in [5.74, 6) is 2.19. The Kier molecular flexibility index (Phi) is 3.41. The summed E-state index contributed by atoms with van der Waals surface area (Å²) in [6, 6.07) is 4.29. The van der Waals surface area contributed by atoms with E-state index >= 15 is 0 Å². The average Bonchev–Trinajstić information content (AvgIpc) is 2.89. The molecule has 3 rings (SSSR count). The Morgan fingerprint density at radius 2 is 2.22 bits per heavy atom. The maximum atomic E-state index is 6.06. The lowest BCUT2D eigenvalue weighted by Gasteiger charge is -2.31. The molecule has 2 heterocycles. The fourth-order valence-corrected chi connectivity index (χ4v) is 3.14. The van der Waals surface area contributed by atoms with Crippen molar-refractivity contribution in [2.45, 2.75) is 31.7 Å². The van der Waals surface area contributed by atoms with Gasteiger partial charge in [-0.1, -0.05) is 12.8 Å². The van der Waals surface area contributed by atoms with Crippen molar-refractivity contribution in [3.05, 3.63) is 24.6 Å². The van der Waals surface area contributed by atoms with E-state index in [4.69, 9.17) is 16.0 Å². The predicted octanol–water partition coefficient (Wildman–Crippen LogP) is 4.04. The number of nitrogens with one attached hydrogen (secondary N) is 1. The number of halogens is 1. The molecule has 0 radical (unpaired) electrons. The highest BCUT2D eigenvalue weighted by Gasteiger charge is 2.25. The standard InChI is InChI=1S/C14H17ClN2O/c15-9-10-3-1-2-4-12(10)17-14-11-6-8-18-13(11)5-7-16-14/h5-8,10,12H,1-4,9H2,(H,16,17). The minimum Gasteiger partial charge on any atom is -0.464 e. The molecule has 96 valence electrons. The van der Waals surface area contributed by atoms with Crippen LogP contribution in [0.5, 0.6) is 0 Å². The summed E-state index contributed by atoms with van der Waals surface area (Å²) in [7, 11) is 0. The van der Waals surface area contributed by atoms with E-state index in [0.29, 0.717) is 12.0 Å². The van der Waals surface area contributed by atoms with Gasteiger partial charge in [0.25, 0.3) is 0 Å². The van der Waals surface area contributed by atoms with E-state index < -0.39 is 0 Å². The van der Waals surface area contributed by atoms with Crippen molar-refractivity contribution in [1.82, 2.24) is 4.98 Å². The monoisotopic (exact) mass is 264 g/mol. The Hall–Kier alpha value is -1.22. The molecule has 0 saturated heterocycles. The van der Waals surface area contributed by atoms with Gasteiger partial charge in [-0.3, -0.25) is 0 Å². The summed E-state index contributed by atoms with van der Waals surface area (Å²) in [6.45, 7) is 0. The summed E-state index contributed by atoms with van der Waals surface area (Å²) in [5.41, 5.74) is 0.880. The Labute approximate surface area is 112 Å². The number of rotatable bonds is 3. The van der Waals surface area contributed by atoms with Crippen LogP contribution in [0.3, 0.4) is 0 Å². The lowest BCUT2D eigenvalue weighted by atomic mass is 9.86. The van der Waals surface area contributed by atoms with E-state index in [-0.39, 0.29) is 0 Å². The Bertz CT molecular complexity index is 525. The highest BCUT2D eigenvalue weighted by atomic mass is 35.5. The number of pyridine rings is 1. The van der Waals surface area contributed by atoms with Crippen molar-refractivity contribution in [3.63, 3.8) is 0 Å². The first-order valence-corrected chi connectivity index (χ1v) is 7.06. The molecule has 18 heavy (non-hydrogen) atoms. The largest absolute Gasteiger partial charge is 0.464 e. The summed E-state index contributed by atoms with van der Waals surface area (Å²) in [4.78, 5) is 4.43. The molecule has 1 fully saturated rings. The molecule has 1 aliphatic carbocycles. The van der Waals surface area contributed by atoms with Crippen molar-refractivity contribution in [2.24, 2.45) is 5.92 Å². The van der Waals surface area contributed by atoms with Crippen LogP contribution in [0.1, 0.15) is 25.7 Å². The molecule has 2 unspecified atom stereocenters. The molecular weight excluding hydrogens is 248 g/mol. The van der Waals surface area contributed by atoms with Gasteiger partial charge in [0.15, 0.2) is 0 Å². The van der Waals surface area contributed by atoms with Crippen molar-refractivity contribution in [2.75, 3.05) is 11.2 Å². The molecule has 2 atom stereocenters. The number of aromatic nitrogens is 1. The zero-order valence-electron chi connectivity index (χ0n) is 10.2. The minimum absolute atomic E-state index is 0.434. The van der Waals surface area contributed by atoms with E-state index in [9.17, 15) is 0 Å². The first-order chi connectivity index (χ1) is 8.88. The van der Waals surface area contributed by atoms with E-state index in [1.807, 2.05) is 12.1 Å². The summed E-state index contributed by atoms with van der Waals surface area (Å²) in [5, 5.41) is 4.61. The van der Waals surface area contributed by atoms with Crippen LogP contribution in [-0.4, -0.2) is 16.9 Å². The maximum Gasteiger partial charge on any atom is 0.139 e. The van der Waals surface area contributed by atoms with E-state index in [1.54, 1.807) is 12.5 Å². The van der Waals surface area contributed by atoms with Gasteiger partial charge in [-0.25, -0.2) is 4.98 Å². The van der Waals surface area contributed by atoms with Crippen molar-refractivity contribution < 1.29 is 4.42 Å². The second-order valence-corrected chi connectivity index (χ2v) is 5.25. The molecule has 0 spiro atoms. The first-order valence-electron chi connectivity index (χ1n) is 6.53. The molecule has 2 aromatic heterocycles. The summed E-state index contributed by atoms with van der Waals surface area (Å²) < 4.78 is 5.39. The minimum atomic E-state index is 0.434. The fourth-order valence-electron chi connectivity index (χ4n) is 2.77. The maximum absolute atomic E-state index is 6.06. The van der Waals surface area contributed by atoms with E-state index in [0.717, 1.165) is 22.7 Å². The third-order valence-electron chi connectivity index (χ3n) is 3.81. The highest BCUT2D eigenvalue weighted by molar-refractivity contribution is 6.18. The number of furan rings is 1. The van der Waals surface area contributed by atoms with Crippen LogP contribution in [0.15, 0.2) is 29.0 Å². The zero-order chi connectivity index (χ0) is 12.4. The van der Waals surface area contributed by atoms with Gasteiger partial charge in [-0.05, 0) is 30.9 Å². The SMILES string of the molecule is ClCC1CCCCC1Nc1nccc2occc12. The van der Waals surface area contributed by atoms with Crippen molar-refractivity contribution >= 4 is 28.4 Å². The van der Waals surface area contributed by atoms with Gasteiger partial charge < -0.3 is 9.73 Å². The molecule has 0 amide bonds. The van der Waals surface area contributed by atoms with Crippen LogP contribution < -0.4 is 5.32 Å². The zero-order valence-corrected chi connectivity index (χ0v) is 11.0. The lowest BCUT2D eigenvalue weighted by molar-refractivity contribution is 0.353. The first kappa shape index (κ1) is 11.8. The summed E-state index contributed by atoms with van der Waals surface area (Å²) >= 11 is 6.06. The number of nitrogens with zero attached hydrogens (tertiary/aromatic N) is 1. The van der Waals surface area contributed by atoms with E-state index in [1.165, 1.54) is 25.7 Å². The third kappa shape index (κ3) is 2.19. The van der Waals surface area contributed by atoms with Crippen LogP contribution >= 0.6 is 11.6 Å².